The Morgan fingerprint density at radius 3 is 2.14 bits per heavy atom. The van der Waals surface area contributed by atoms with Gasteiger partial charge in [-0.2, -0.15) is 5.10 Å². The summed E-state index contributed by atoms with van der Waals surface area (Å²) in [6.45, 7) is 6.21. The van der Waals surface area contributed by atoms with Gasteiger partial charge in [-0.3, -0.25) is 0 Å². The highest BCUT2D eigenvalue weighted by Crippen LogP contribution is 2.26. The van der Waals surface area contributed by atoms with Gasteiger partial charge in [0.1, 0.15) is 0 Å². The third-order valence-electron chi connectivity index (χ3n) is 4.01. The Kier molecular flexibility index (Phi) is 3.82. The molecule has 0 saturated carbocycles. The van der Waals surface area contributed by atoms with Crippen molar-refractivity contribution in [1.29, 1.82) is 0 Å². The van der Waals surface area contributed by atoms with Gasteiger partial charge in [0, 0.05) is 6.20 Å². The Morgan fingerprint density at radius 1 is 0.909 bits per heavy atom. The van der Waals surface area contributed by atoms with Crippen LogP contribution in [0.1, 0.15) is 22.4 Å². The maximum atomic E-state index is 9.28. The molecule has 1 N–H and O–H groups in total. The molecule has 2 aromatic carbocycles. The van der Waals surface area contributed by atoms with E-state index in [0.717, 1.165) is 22.5 Å². The molecule has 0 amide bonds. The van der Waals surface area contributed by atoms with Crippen LogP contribution in [0.3, 0.4) is 0 Å². The number of aliphatic hydroxyl groups is 1. The summed E-state index contributed by atoms with van der Waals surface area (Å²) in [5.41, 5.74) is 7.73. The van der Waals surface area contributed by atoms with Crippen LogP contribution < -0.4 is 0 Å². The Morgan fingerprint density at radius 2 is 1.59 bits per heavy atom. The fourth-order valence-corrected chi connectivity index (χ4v) is 2.69. The molecule has 1 aromatic heterocycles. The zero-order chi connectivity index (χ0) is 15.7. The van der Waals surface area contributed by atoms with Crippen molar-refractivity contribution in [2.24, 2.45) is 0 Å². The first-order valence-corrected chi connectivity index (χ1v) is 7.42. The third kappa shape index (κ3) is 2.68. The smallest absolute Gasteiger partial charge is 0.0684 e. The summed E-state index contributed by atoms with van der Waals surface area (Å²) < 4.78 is 1.91. The van der Waals surface area contributed by atoms with Crippen molar-refractivity contribution in [2.75, 3.05) is 0 Å². The van der Waals surface area contributed by atoms with Crippen molar-refractivity contribution >= 4 is 0 Å². The highest BCUT2D eigenvalue weighted by atomic mass is 16.3. The fourth-order valence-electron chi connectivity index (χ4n) is 2.69. The van der Waals surface area contributed by atoms with Crippen molar-refractivity contribution in [3.63, 3.8) is 0 Å². The van der Waals surface area contributed by atoms with E-state index in [0.29, 0.717) is 0 Å². The Bertz CT molecular complexity index is 818. The first-order valence-electron chi connectivity index (χ1n) is 7.42. The van der Waals surface area contributed by atoms with Gasteiger partial charge in [-0.15, -0.1) is 0 Å². The van der Waals surface area contributed by atoms with Gasteiger partial charge < -0.3 is 5.11 Å². The minimum absolute atomic E-state index is 0.0860. The van der Waals surface area contributed by atoms with Crippen LogP contribution in [0.15, 0.2) is 48.7 Å². The van der Waals surface area contributed by atoms with Crippen LogP contribution >= 0.6 is 0 Å². The molecule has 3 aromatic rings. The van der Waals surface area contributed by atoms with Crippen LogP contribution in [-0.4, -0.2) is 14.9 Å². The maximum absolute atomic E-state index is 9.28. The monoisotopic (exact) mass is 292 g/mol. The molecule has 3 nitrogen and oxygen atoms in total. The second-order valence-electron chi connectivity index (χ2n) is 5.70. The number of aliphatic hydroxyl groups excluding tert-OH is 1. The predicted molar refractivity (Wildman–Crippen MR) is 89.1 cm³/mol. The summed E-state index contributed by atoms with van der Waals surface area (Å²) in [5.74, 6) is 0. The average molecular weight is 292 g/mol. The number of benzene rings is 2. The molecule has 0 atom stereocenters. The lowest BCUT2D eigenvalue weighted by Gasteiger charge is -2.11. The second kappa shape index (κ2) is 5.78. The van der Waals surface area contributed by atoms with Crippen molar-refractivity contribution in [3.05, 3.63) is 71.0 Å². The average Bonchev–Trinajstić information content (AvgIpc) is 2.93. The fraction of sp³-hybridized carbons (Fsp3) is 0.211. The summed E-state index contributed by atoms with van der Waals surface area (Å²) in [4.78, 5) is 0. The summed E-state index contributed by atoms with van der Waals surface area (Å²) in [7, 11) is 0. The zero-order valence-electron chi connectivity index (χ0n) is 13.2. The molecule has 0 spiro atoms. The lowest BCUT2D eigenvalue weighted by molar-refractivity contribution is 0.281. The van der Waals surface area contributed by atoms with E-state index in [1.54, 1.807) is 0 Å². The molecule has 3 rings (SSSR count). The Balaban J connectivity index is 2.00. The third-order valence-corrected chi connectivity index (χ3v) is 4.01. The van der Waals surface area contributed by atoms with Crippen molar-refractivity contribution < 1.29 is 5.11 Å². The number of aromatic nitrogens is 2. The number of aryl methyl sites for hydroxylation is 3. The molecule has 112 valence electrons. The predicted octanol–water partition coefficient (Wildman–Crippen LogP) is 3.96. The van der Waals surface area contributed by atoms with Gasteiger partial charge in [0.15, 0.2) is 0 Å². The van der Waals surface area contributed by atoms with Crippen LogP contribution in [0.25, 0.3) is 16.8 Å². The van der Waals surface area contributed by atoms with Crippen LogP contribution in [0.4, 0.5) is 0 Å². The van der Waals surface area contributed by atoms with Gasteiger partial charge in [-0.25, -0.2) is 4.68 Å². The van der Waals surface area contributed by atoms with E-state index in [4.69, 9.17) is 0 Å². The van der Waals surface area contributed by atoms with E-state index in [1.807, 2.05) is 36.9 Å². The normalized spacial score (nSPS) is 10.9. The zero-order valence-corrected chi connectivity index (χ0v) is 13.2. The quantitative estimate of drug-likeness (QED) is 0.793. The molecule has 0 saturated heterocycles. The molecular formula is C19H20N2O. The lowest BCUT2D eigenvalue weighted by atomic mass is 9.98. The molecule has 0 radical (unpaired) electrons. The summed E-state index contributed by atoms with van der Waals surface area (Å²) >= 11 is 0. The number of hydrogen-bond acceptors (Lipinski definition) is 2. The molecule has 0 aliphatic carbocycles. The molecule has 3 heteroatoms. The standard InChI is InChI=1S/C19H20N2O/c1-13-10-16(4-5-18(13)12-22)17-6-7-19(14(2)11-17)21-9-8-15(3)20-21/h4-11,22H,12H2,1-3H3. The van der Waals surface area contributed by atoms with Crippen LogP contribution in [0, 0.1) is 20.8 Å². The first-order chi connectivity index (χ1) is 10.6. The van der Waals surface area contributed by atoms with E-state index >= 15 is 0 Å². The molecule has 0 aliphatic rings. The van der Waals surface area contributed by atoms with Gasteiger partial charge in [0.05, 0.1) is 18.0 Å². The SMILES string of the molecule is Cc1ccn(-c2ccc(-c3ccc(CO)c(C)c3)cc2C)n1. The Labute approximate surface area is 130 Å². The number of hydrogen-bond donors (Lipinski definition) is 1. The van der Waals surface area contributed by atoms with Gasteiger partial charge in [0.2, 0.25) is 0 Å². The molecule has 0 aliphatic heterocycles. The maximum Gasteiger partial charge on any atom is 0.0684 e. The van der Waals surface area contributed by atoms with E-state index in [1.165, 1.54) is 16.7 Å². The minimum Gasteiger partial charge on any atom is -0.392 e. The van der Waals surface area contributed by atoms with E-state index in [9.17, 15) is 5.11 Å². The highest BCUT2D eigenvalue weighted by Gasteiger charge is 2.06. The summed E-state index contributed by atoms with van der Waals surface area (Å²) in [5, 5.41) is 13.7. The Hall–Kier alpha value is -2.39. The van der Waals surface area contributed by atoms with Crippen LogP contribution in [0.5, 0.6) is 0 Å². The topological polar surface area (TPSA) is 38.0 Å². The lowest BCUT2D eigenvalue weighted by Crippen LogP contribution is -1.98. The van der Waals surface area contributed by atoms with Crippen molar-refractivity contribution in [1.82, 2.24) is 9.78 Å². The molecule has 0 unspecified atom stereocenters. The van der Waals surface area contributed by atoms with Crippen molar-refractivity contribution in [2.45, 2.75) is 27.4 Å². The van der Waals surface area contributed by atoms with Gasteiger partial charge in [0.25, 0.3) is 0 Å². The van der Waals surface area contributed by atoms with Crippen LogP contribution in [-0.2, 0) is 6.61 Å². The summed E-state index contributed by atoms with van der Waals surface area (Å²) in [6.07, 6.45) is 1.98. The van der Waals surface area contributed by atoms with Gasteiger partial charge in [-0.05, 0) is 66.8 Å². The van der Waals surface area contributed by atoms with Crippen LogP contribution in [0.2, 0.25) is 0 Å². The first kappa shape index (κ1) is 14.5. The number of rotatable bonds is 3. The highest BCUT2D eigenvalue weighted by molar-refractivity contribution is 5.67. The molecule has 0 fully saturated rings. The minimum atomic E-state index is 0.0860. The molecule has 1 heterocycles. The largest absolute Gasteiger partial charge is 0.392 e. The second-order valence-corrected chi connectivity index (χ2v) is 5.70. The molecule has 0 bridgehead atoms. The van der Waals surface area contributed by atoms with E-state index < -0.39 is 0 Å². The number of nitrogens with zero attached hydrogens (tertiary/aromatic N) is 2. The van der Waals surface area contributed by atoms with E-state index in [2.05, 4.69) is 42.4 Å². The van der Waals surface area contributed by atoms with Gasteiger partial charge >= 0.3 is 0 Å². The van der Waals surface area contributed by atoms with Crippen molar-refractivity contribution in [3.8, 4) is 16.8 Å². The molecular weight excluding hydrogens is 272 g/mol. The summed E-state index contributed by atoms with van der Waals surface area (Å²) in [6, 6.07) is 14.6. The van der Waals surface area contributed by atoms with Gasteiger partial charge in [-0.1, -0.05) is 24.3 Å². The molecule has 22 heavy (non-hydrogen) atoms. The van der Waals surface area contributed by atoms with E-state index in [-0.39, 0.29) is 6.61 Å².